The lowest BCUT2D eigenvalue weighted by molar-refractivity contribution is -0.192. The van der Waals surface area contributed by atoms with Gasteiger partial charge in [0.25, 0.3) is 5.91 Å². The first-order valence-electron chi connectivity index (χ1n) is 7.79. The van der Waals surface area contributed by atoms with Crippen molar-refractivity contribution in [2.45, 2.75) is 25.1 Å². The second-order valence-electron chi connectivity index (χ2n) is 5.25. The zero-order valence-corrected chi connectivity index (χ0v) is 15.3. The summed E-state index contributed by atoms with van der Waals surface area (Å²) in [6.07, 6.45) is -4.12. The molecule has 156 valence electrons. The number of carbonyl (C=O) groups excluding carboxylic acids is 2. The van der Waals surface area contributed by atoms with Crippen molar-refractivity contribution < 1.29 is 32.7 Å². The van der Waals surface area contributed by atoms with E-state index in [2.05, 4.69) is 10.3 Å². The molecule has 8 nitrogen and oxygen atoms in total. The van der Waals surface area contributed by atoms with Crippen LogP contribution in [-0.2, 0) is 9.59 Å². The maximum Gasteiger partial charge on any atom is 0.490 e. The van der Waals surface area contributed by atoms with Crippen LogP contribution in [0.3, 0.4) is 0 Å². The molecule has 0 fully saturated rings. The number of amidine groups is 1. The van der Waals surface area contributed by atoms with Gasteiger partial charge in [0.05, 0.1) is 5.88 Å². The lowest BCUT2D eigenvalue weighted by atomic mass is 10.1. The van der Waals surface area contributed by atoms with Gasteiger partial charge in [0.15, 0.2) is 0 Å². The molecule has 0 saturated carbocycles. The molecule has 0 heterocycles. The number of primary amides is 1. The highest BCUT2D eigenvalue weighted by Crippen LogP contribution is 2.13. The second kappa shape index (κ2) is 12.5. The largest absolute Gasteiger partial charge is 0.490 e. The van der Waals surface area contributed by atoms with Gasteiger partial charge in [-0.1, -0.05) is 18.2 Å². The highest BCUT2D eigenvalue weighted by Gasteiger charge is 2.38. The number of rotatable bonds is 8. The van der Waals surface area contributed by atoms with E-state index >= 15 is 0 Å². The van der Waals surface area contributed by atoms with Gasteiger partial charge < -0.3 is 21.9 Å². The Morgan fingerprint density at radius 3 is 2.14 bits per heavy atom. The Hall–Kier alpha value is -2.82. The molecule has 2 amide bonds. The van der Waals surface area contributed by atoms with Crippen LogP contribution in [0.15, 0.2) is 35.3 Å². The van der Waals surface area contributed by atoms with Crippen molar-refractivity contribution in [1.29, 1.82) is 0 Å². The topological polar surface area (TPSA) is 148 Å². The molecule has 1 atom stereocenters. The highest BCUT2D eigenvalue weighted by molar-refractivity contribution is 6.27. The van der Waals surface area contributed by atoms with Crippen molar-refractivity contribution in [3.8, 4) is 0 Å². The van der Waals surface area contributed by atoms with E-state index < -0.39 is 24.1 Å². The van der Waals surface area contributed by atoms with E-state index in [-0.39, 0.29) is 11.8 Å². The van der Waals surface area contributed by atoms with Gasteiger partial charge in [-0.3, -0.25) is 14.6 Å². The fourth-order valence-corrected chi connectivity index (χ4v) is 1.76. The van der Waals surface area contributed by atoms with Gasteiger partial charge >= 0.3 is 12.1 Å². The first kappa shape index (κ1) is 25.2. The summed E-state index contributed by atoms with van der Waals surface area (Å²) in [7, 11) is 0. The number of aliphatic imine (C=N–C) groups is 1. The van der Waals surface area contributed by atoms with E-state index in [1.165, 1.54) is 0 Å². The molecule has 0 aliphatic heterocycles. The van der Waals surface area contributed by atoms with E-state index in [1.54, 1.807) is 24.3 Å². The number of hydrogen-bond donors (Lipinski definition) is 4. The number of carboxylic acids is 1. The quantitative estimate of drug-likeness (QED) is 0.215. The Morgan fingerprint density at radius 2 is 1.71 bits per heavy atom. The number of amides is 2. The van der Waals surface area contributed by atoms with E-state index in [4.69, 9.17) is 33.0 Å². The Morgan fingerprint density at radius 1 is 1.18 bits per heavy atom. The van der Waals surface area contributed by atoms with Crippen molar-refractivity contribution in [2.75, 3.05) is 12.4 Å². The molecule has 1 unspecified atom stereocenters. The average Bonchev–Trinajstić information content (AvgIpc) is 2.63. The lowest BCUT2D eigenvalue weighted by Crippen LogP contribution is -2.44. The van der Waals surface area contributed by atoms with E-state index in [9.17, 15) is 22.8 Å². The minimum atomic E-state index is -5.08. The van der Waals surface area contributed by atoms with Crippen LogP contribution in [-0.4, -0.2) is 53.4 Å². The van der Waals surface area contributed by atoms with Crippen LogP contribution in [0.4, 0.5) is 13.2 Å². The summed E-state index contributed by atoms with van der Waals surface area (Å²) >= 11 is 5.49. The van der Waals surface area contributed by atoms with Crippen molar-refractivity contribution >= 4 is 35.2 Å². The highest BCUT2D eigenvalue weighted by atomic mass is 35.5. The zero-order valence-electron chi connectivity index (χ0n) is 14.6. The van der Waals surface area contributed by atoms with Crippen LogP contribution in [0.1, 0.15) is 23.2 Å². The number of nitrogens with zero attached hydrogens (tertiary/aromatic N) is 1. The van der Waals surface area contributed by atoms with Crippen molar-refractivity contribution in [3.05, 3.63) is 35.9 Å². The Labute approximate surface area is 163 Å². The molecular formula is C16H20ClF3N4O4. The molecule has 0 saturated heterocycles. The Bertz CT molecular complexity index is 684. The molecule has 0 aliphatic rings. The van der Waals surface area contributed by atoms with Crippen LogP contribution >= 0.6 is 11.6 Å². The molecule has 0 radical (unpaired) electrons. The molecule has 0 spiro atoms. The molecule has 28 heavy (non-hydrogen) atoms. The summed E-state index contributed by atoms with van der Waals surface area (Å²) < 4.78 is 31.7. The predicted molar refractivity (Wildman–Crippen MR) is 97.0 cm³/mol. The first-order valence-corrected chi connectivity index (χ1v) is 8.32. The van der Waals surface area contributed by atoms with E-state index in [0.29, 0.717) is 30.8 Å². The molecule has 0 aliphatic carbocycles. The van der Waals surface area contributed by atoms with Crippen LogP contribution < -0.4 is 16.8 Å². The molecule has 12 heteroatoms. The lowest BCUT2D eigenvalue weighted by Gasteiger charge is -2.15. The van der Waals surface area contributed by atoms with Gasteiger partial charge in [-0.05, 0) is 25.0 Å². The van der Waals surface area contributed by atoms with Gasteiger partial charge in [0.2, 0.25) is 5.91 Å². The smallest absolute Gasteiger partial charge is 0.475 e. The van der Waals surface area contributed by atoms with Crippen LogP contribution in [0.2, 0.25) is 0 Å². The van der Waals surface area contributed by atoms with Gasteiger partial charge in [-0.2, -0.15) is 13.2 Å². The third-order valence-corrected chi connectivity index (χ3v) is 3.30. The first-order chi connectivity index (χ1) is 13.0. The molecule has 1 aromatic rings. The fourth-order valence-electron chi connectivity index (χ4n) is 1.68. The van der Waals surface area contributed by atoms with Crippen molar-refractivity contribution in [2.24, 2.45) is 16.5 Å². The minimum Gasteiger partial charge on any atom is -0.475 e. The summed E-state index contributed by atoms with van der Waals surface area (Å²) in [6.45, 7) is 0.434. The number of halogens is 4. The number of alkyl halides is 4. The standard InChI is InChI=1S/C14H19ClN4O2.C2HF3O2/c15-9-12(16)18-8-4-7-11(13(17)20)19-14(21)10-5-2-1-3-6-10;3-2(4,5)1(6)7/h1-3,5-6,11H,4,7-9H2,(H2,16,18)(H2,17,20)(H,19,21);(H,6,7). The molecule has 0 bridgehead atoms. The number of aliphatic carboxylic acids is 1. The maximum atomic E-state index is 12.0. The molecular weight excluding hydrogens is 405 g/mol. The summed E-state index contributed by atoms with van der Waals surface area (Å²) in [5, 5.41) is 9.74. The second-order valence-corrected chi connectivity index (χ2v) is 5.51. The number of hydrogen-bond acceptors (Lipinski definition) is 4. The molecule has 1 aromatic carbocycles. The third-order valence-electron chi connectivity index (χ3n) is 3.03. The summed E-state index contributed by atoms with van der Waals surface area (Å²) in [5.74, 6) is -3.14. The van der Waals surface area contributed by atoms with Gasteiger partial charge in [-0.15, -0.1) is 11.6 Å². The number of carboxylic acid groups (broad SMARTS) is 1. The molecule has 6 N–H and O–H groups in total. The fraction of sp³-hybridized carbons (Fsp3) is 0.375. The minimum absolute atomic E-state index is 0.171. The van der Waals surface area contributed by atoms with Gasteiger partial charge in [0.1, 0.15) is 11.9 Å². The van der Waals surface area contributed by atoms with E-state index in [1.807, 2.05) is 6.07 Å². The van der Waals surface area contributed by atoms with E-state index in [0.717, 1.165) is 0 Å². The monoisotopic (exact) mass is 424 g/mol. The number of benzene rings is 1. The maximum absolute atomic E-state index is 12.0. The molecule has 0 aromatic heterocycles. The number of carbonyl (C=O) groups is 3. The van der Waals surface area contributed by atoms with Gasteiger partial charge in [0, 0.05) is 12.1 Å². The van der Waals surface area contributed by atoms with Gasteiger partial charge in [-0.25, -0.2) is 4.79 Å². The molecule has 1 rings (SSSR count). The number of nitrogens with one attached hydrogen (secondary N) is 1. The normalized spacial score (nSPS) is 12.4. The SMILES string of the molecule is NC(=O)C(CCCN=C(N)CCl)NC(=O)c1ccccc1.O=C(O)C(F)(F)F. The van der Waals surface area contributed by atoms with Crippen molar-refractivity contribution in [3.63, 3.8) is 0 Å². The Kier molecular flexibility index (Phi) is 11.3. The number of nitrogens with two attached hydrogens (primary N) is 2. The van der Waals surface area contributed by atoms with Crippen molar-refractivity contribution in [1.82, 2.24) is 5.32 Å². The Balaban J connectivity index is 0.000000887. The predicted octanol–water partition coefficient (Wildman–Crippen LogP) is 1.28. The average molecular weight is 425 g/mol. The van der Waals surface area contributed by atoms with Crippen LogP contribution in [0, 0.1) is 0 Å². The summed E-state index contributed by atoms with van der Waals surface area (Å²) in [6, 6.07) is 7.90. The third kappa shape index (κ3) is 11.0. The van der Waals surface area contributed by atoms with Crippen LogP contribution in [0.25, 0.3) is 0 Å². The zero-order chi connectivity index (χ0) is 21.7. The summed E-state index contributed by atoms with van der Waals surface area (Å²) in [4.78, 5) is 36.2. The summed E-state index contributed by atoms with van der Waals surface area (Å²) in [5.41, 5.74) is 11.2. The van der Waals surface area contributed by atoms with Crippen LogP contribution in [0.5, 0.6) is 0 Å².